The van der Waals surface area contributed by atoms with Crippen molar-refractivity contribution in [2.45, 2.75) is 37.8 Å². The van der Waals surface area contributed by atoms with Crippen LogP contribution in [0.15, 0.2) is 36.7 Å². The summed E-state index contributed by atoms with van der Waals surface area (Å²) < 4.78 is 26.4. The summed E-state index contributed by atoms with van der Waals surface area (Å²) in [6.45, 7) is 2.07. The van der Waals surface area contributed by atoms with Crippen LogP contribution in [-0.4, -0.2) is 59.7 Å². The monoisotopic (exact) mass is 499 g/mol. The minimum atomic E-state index is -0.547. The lowest BCUT2D eigenvalue weighted by Gasteiger charge is -2.38. The molecule has 3 aromatic rings. The van der Waals surface area contributed by atoms with E-state index in [1.165, 1.54) is 12.4 Å². The maximum atomic E-state index is 14.5. The van der Waals surface area contributed by atoms with Gasteiger partial charge in [0.15, 0.2) is 17.3 Å². The molecule has 1 aliphatic carbocycles. The minimum absolute atomic E-state index is 0.0276. The third-order valence-electron chi connectivity index (χ3n) is 6.65. The van der Waals surface area contributed by atoms with Crippen LogP contribution in [0, 0.1) is 5.82 Å². The molecule has 1 amide bonds. The fourth-order valence-electron chi connectivity index (χ4n) is 4.82. The molecule has 1 aliphatic heterocycles. The van der Waals surface area contributed by atoms with Gasteiger partial charge < -0.3 is 20.1 Å². The van der Waals surface area contributed by atoms with Crippen LogP contribution >= 0.6 is 11.6 Å². The third-order valence-corrected chi connectivity index (χ3v) is 6.94. The lowest BCUT2D eigenvalue weighted by atomic mass is 9.91. The van der Waals surface area contributed by atoms with E-state index in [4.69, 9.17) is 21.1 Å². The van der Waals surface area contributed by atoms with Crippen molar-refractivity contribution in [3.63, 3.8) is 0 Å². The van der Waals surface area contributed by atoms with Gasteiger partial charge in [-0.2, -0.15) is 0 Å². The highest BCUT2D eigenvalue weighted by atomic mass is 35.5. The zero-order valence-electron chi connectivity index (χ0n) is 19.4. The minimum Gasteiger partial charge on any atom is -0.493 e. The van der Waals surface area contributed by atoms with E-state index >= 15 is 0 Å². The zero-order valence-corrected chi connectivity index (χ0v) is 20.1. The third kappa shape index (κ3) is 5.11. The first kappa shape index (κ1) is 23.6. The van der Waals surface area contributed by atoms with E-state index in [2.05, 4.69) is 25.5 Å². The smallest absolute Gasteiger partial charge is 0.234 e. The number of carbonyl (C=O) groups excluding carboxylic acids is 1. The first-order valence-corrected chi connectivity index (χ1v) is 12.1. The molecular formula is C25H27ClFN5O3. The first-order chi connectivity index (χ1) is 17.0. The average Bonchev–Trinajstić information content (AvgIpc) is 2.87. The quantitative estimate of drug-likeness (QED) is 0.523. The number of carbonyl (C=O) groups is 1. The summed E-state index contributed by atoms with van der Waals surface area (Å²) in [5, 5.41) is 6.61. The number of benzene rings is 2. The van der Waals surface area contributed by atoms with Gasteiger partial charge in [-0.1, -0.05) is 17.7 Å². The van der Waals surface area contributed by atoms with Gasteiger partial charge in [0.05, 0.1) is 36.0 Å². The lowest BCUT2D eigenvalue weighted by molar-refractivity contribution is -0.125. The highest BCUT2D eigenvalue weighted by Gasteiger charge is 2.30. The van der Waals surface area contributed by atoms with Crippen molar-refractivity contribution in [3.8, 4) is 11.5 Å². The fourth-order valence-corrected chi connectivity index (χ4v) is 5.00. The summed E-state index contributed by atoms with van der Waals surface area (Å²) in [4.78, 5) is 22.7. The van der Waals surface area contributed by atoms with Crippen molar-refractivity contribution in [2.24, 2.45) is 0 Å². The standard InChI is InChI=1S/C25H27ClFN5O3/c1-34-21-12-20-17(25(30-14-29-20)31-19-4-2-3-18(26)24(19)27)11-22(21)35-16-7-5-15(6-8-16)32-10-9-28-23(33)13-32/h2-4,11-12,14-16H,5-10,13H2,1H3,(H,28,33)(H,29,30,31)/t15-,16-. The molecule has 0 radical (unpaired) electrons. The van der Waals surface area contributed by atoms with Crippen LogP contribution in [0.1, 0.15) is 25.7 Å². The van der Waals surface area contributed by atoms with E-state index < -0.39 is 5.82 Å². The number of nitrogens with zero attached hydrogens (tertiary/aromatic N) is 3. The number of anilines is 2. The molecule has 0 atom stereocenters. The number of rotatable bonds is 6. The SMILES string of the molecule is COc1cc2ncnc(Nc3cccc(Cl)c3F)c2cc1O[C@H]1CC[C@H](N2CCNC(=O)C2)CC1. The van der Waals surface area contributed by atoms with Crippen LogP contribution in [0.4, 0.5) is 15.9 Å². The largest absolute Gasteiger partial charge is 0.493 e. The summed E-state index contributed by atoms with van der Waals surface area (Å²) >= 11 is 5.93. The normalized spacial score (nSPS) is 20.9. The van der Waals surface area contributed by atoms with Crippen LogP contribution in [0.5, 0.6) is 11.5 Å². The Labute approximate surface area is 207 Å². The zero-order chi connectivity index (χ0) is 24.4. The van der Waals surface area contributed by atoms with E-state index in [1.807, 2.05) is 6.07 Å². The van der Waals surface area contributed by atoms with Crippen molar-refractivity contribution < 1.29 is 18.7 Å². The van der Waals surface area contributed by atoms with Gasteiger partial charge in [0.25, 0.3) is 0 Å². The maximum Gasteiger partial charge on any atom is 0.234 e. The van der Waals surface area contributed by atoms with E-state index in [1.54, 1.807) is 25.3 Å². The van der Waals surface area contributed by atoms with E-state index in [9.17, 15) is 9.18 Å². The second kappa shape index (κ2) is 10.2. The predicted molar refractivity (Wildman–Crippen MR) is 132 cm³/mol. The van der Waals surface area contributed by atoms with Crippen LogP contribution in [-0.2, 0) is 4.79 Å². The van der Waals surface area contributed by atoms with Crippen LogP contribution in [0.3, 0.4) is 0 Å². The summed E-state index contributed by atoms with van der Waals surface area (Å²) in [7, 11) is 1.59. The molecule has 2 fully saturated rings. The van der Waals surface area contributed by atoms with Crippen molar-refractivity contribution in [3.05, 3.63) is 47.5 Å². The Morgan fingerprint density at radius 2 is 2.00 bits per heavy atom. The van der Waals surface area contributed by atoms with Gasteiger partial charge in [-0.05, 0) is 43.9 Å². The molecule has 5 rings (SSSR count). The number of ether oxygens (including phenoxy) is 2. The number of halogens is 2. The van der Waals surface area contributed by atoms with E-state index in [0.29, 0.717) is 47.4 Å². The Morgan fingerprint density at radius 3 is 2.77 bits per heavy atom. The predicted octanol–water partition coefficient (Wildman–Crippen LogP) is 4.30. The molecule has 8 nitrogen and oxygen atoms in total. The number of fused-ring (bicyclic) bond motifs is 1. The number of piperazine rings is 1. The van der Waals surface area contributed by atoms with Crippen LogP contribution in [0.25, 0.3) is 10.9 Å². The Hall–Kier alpha value is -3.17. The topological polar surface area (TPSA) is 88.6 Å². The molecule has 0 spiro atoms. The number of methoxy groups -OCH3 is 1. The van der Waals surface area contributed by atoms with Gasteiger partial charge in [0.2, 0.25) is 5.91 Å². The van der Waals surface area contributed by atoms with Crippen molar-refractivity contribution in [2.75, 3.05) is 32.1 Å². The highest BCUT2D eigenvalue weighted by molar-refractivity contribution is 6.31. The Kier molecular flexibility index (Phi) is 6.88. The van der Waals surface area contributed by atoms with E-state index in [-0.39, 0.29) is 22.7 Å². The molecule has 2 aliphatic rings. The summed E-state index contributed by atoms with van der Waals surface area (Å²) in [5.41, 5.74) is 0.863. The number of aromatic nitrogens is 2. The van der Waals surface area contributed by atoms with Gasteiger partial charge in [0, 0.05) is 30.6 Å². The molecule has 184 valence electrons. The van der Waals surface area contributed by atoms with Crippen molar-refractivity contribution >= 4 is 39.9 Å². The molecule has 0 bridgehead atoms. The molecule has 1 saturated heterocycles. The van der Waals surface area contributed by atoms with Crippen molar-refractivity contribution in [1.29, 1.82) is 0 Å². The summed E-state index contributed by atoms with van der Waals surface area (Å²) in [6.07, 6.45) is 5.15. The molecular weight excluding hydrogens is 473 g/mol. The summed E-state index contributed by atoms with van der Waals surface area (Å²) in [5.74, 6) is 1.15. The molecule has 1 saturated carbocycles. The molecule has 10 heteroatoms. The summed E-state index contributed by atoms with van der Waals surface area (Å²) in [6, 6.07) is 8.79. The number of amides is 1. The molecule has 2 heterocycles. The van der Waals surface area contributed by atoms with Crippen LogP contribution in [0.2, 0.25) is 5.02 Å². The Balaban J connectivity index is 1.35. The number of nitrogens with one attached hydrogen (secondary N) is 2. The lowest BCUT2D eigenvalue weighted by Crippen LogP contribution is -2.52. The molecule has 2 N–H and O–H groups in total. The van der Waals surface area contributed by atoms with Gasteiger partial charge >= 0.3 is 0 Å². The molecule has 2 aromatic carbocycles. The Bertz CT molecular complexity index is 1240. The van der Waals surface area contributed by atoms with Crippen LogP contribution < -0.4 is 20.1 Å². The van der Waals surface area contributed by atoms with E-state index in [0.717, 1.165) is 32.2 Å². The first-order valence-electron chi connectivity index (χ1n) is 11.7. The second-order valence-corrected chi connectivity index (χ2v) is 9.24. The van der Waals surface area contributed by atoms with Gasteiger partial charge in [-0.3, -0.25) is 9.69 Å². The average molecular weight is 500 g/mol. The second-order valence-electron chi connectivity index (χ2n) is 8.84. The fraction of sp³-hybridized carbons (Fsp3) is 0.400. The Morgan fingerprint density at radius 1 is 1.17 bits per heavy atom. The molecule has 35 heavy (non-hydrogen) atoms. The highest BCUT2D eigenvalue weighted by Crippen LogP contribution is 2.37. The maximum absolute atomic E-state index is 14.5. The number of hydrogen-bond acceptors (Lipinski definition) is 7. The van der Waals surface area contributed by atoms with Gasteiger partial charge in [-0.25, -0.2) is 14.4 Å². The van der Waals surface area contributed by atoms with Gasteiger partial charge in [-0.15, -0.1) is 0 Å². The van der Waals surface area contributed by atoms with Crippen molar-refractivity contribution in [1.82, 2.24) is 20.2 Å². The number of hydrogen-bond donors (Lipinski definition) is 2. The molecule has 0 unspecified atom stereocenters. The van der Waals surface area contributed by atoms with Gasteiger partial charge in [0.1, 0.15) is 12.1 Å². The molecule has 1 aromatic heterocycles.